The minimum absolute atomic E-state index is 0.233. The molecule has 0 radical (unpaired) electrons. The maximum absolute atomic E-state index is 9.43. The van der Waals surface area contributed by atoms with Crippen LogP contribution in [0.2, 0.25) is 0 Å². The van der Waals surface area contributed by atoms with Gasteiger partial charge in [0, 0.05) is 0 Å². The predicted molar refractivity (Wildman–Crippen MR) is 48.7 cm³/mol. The average Bonchev–Trinajstić information content (AvgIpc) is 2.09. The van der Waals surface area contributed by atoms with Crippen LogP contribution in [0.5, 0.6) is 11.5 Å². The van der Waals surface area contributed by atoms with Crippen molar-refractivity contribution in [2.45, 2.75) is 20.3 Å². The van der Waals surface area contributed by atoms with Crippen LogP contribution in [-0.4, -0.2) is 11.7 Å². The molecule has 0 heterocycles. The summed E-state index contributed by atoms with van der Waals surface area (Å²) in [6, 6.07) is 5.44. The van der Waals surface area contributed by atoms with E-state index in [2.05, 4.69) is 0 Å². The average molecular weight is 166 g/mol. The number of rotatable bonds is 3. The minimum atomic E-state index is 0.233. The van der Waals surface area contributed by atoms with Crippen molar-refractivity contribution in [3.63, 3.8) is 0 Å². The molecule has 0 aliphatic carbocycles. The van der Waals surface area contributed by atoms with E-state index in [9.17, 15) is 5.11 Å². The highest BCUT2D eigenvalue weighted by molar-refractivity contribution is 5.45. The third kappa shape index (κ3) is 1.70. The zero-order valence-corrected chi connectivity index (χ0v) is 7.50. The Labute approximate surface area is 72.8 Å². The van der Waals surface area contributed by atoms with Crippen LogP contribution < -0.4 is 4.74 Å². The molecule has 2 heteroatoms. The Morgan fingerprint density at radius 1 is 1.33 bits per heavy atom. The number of hydrogen-bond acceptors (Lipinski definition) is 2. The molecule has 0 saturated carbocycles. The van der Waals surface area contributed by atoms with Crippen LogP contribution in [0.15, 0.2) is 18.2 Å². The van der Waals surface area contributed by atoms with Gasteiger partial charge in [-0.15, -0.1) is 0 Å². The molecule has 0 aliphatic rings. The Morgan fingerprint density at radius 3 is 2.67 bits per heavy atom. The Hall–Kier alpha value is -1.18. The number of phenolic OH excluding ortho intramolecular Hbond substituents is 1. The third-order valence-corrected chi connectivity index (χ3v) is 1.75. The van der Waals surface area contributed by atoms with Crippen molar-refractivity contribution < 1.29 is 9.84 Å². The smallest absolute Gasteiger partial charge is 0.164 e. The van der Waals surface area contributed by atoms with Crippen LogP contribution in [0.25, 0.3) is 0 Å². The number of hydrogen-bond donors (Lipinski definition) is 1. The lowest BCUT2D eigenvalue weighted by Gasteiger charge is -2.09. The lowest BCUT2D eigenvalue weighted by atomic mass is 10.1. The molecule has 0 saturated heterocycles. The molecule has 2 nitrogen and oxygen atoms in total. The van der Waals surface area contributed by atoms with Crippen molar-refractivity contribution >= 4 is 0 Å². The van der Waals surface area contributed by atoms with Gasteiger partial charge in [0.25, 0.3) is 0 Å². The van der Waals surface area contributed by atoms with Gasteiger partial charge in [0.2, 0.25) is 0 Å². The van der Waals surface area contributed by atoms with Crippen LogP contribution in [0.3, 0.4) is 0 Å². The molecule has 0 amide bonds. The fraction of sp³-hybridized carbons (Fsp3) is 0.400. The van der Waals surface area contributed by atoms with Crippen molar-refractivity contribution in [2.24, 2.45) is 0 Å². The molecule has 1 aromatic carbocycles. The highest BCUT2D eigenvalue weighted by Gasteiger charge is 2.05. The summed E-state index contributed by atoms with van der Waals surface area (Å²) >= 11 is 0. The van der Waals surface area contributed by atoms with Gasteiger partial charge in [-0.3, -0.25) is 0 Å². The van der Waals surface area contributed by atoms with Gasteiger partial charge < -0.3 is 9.84 Å². The first kappa shape index (κ1) is 8.91. The van der Waals surface area contributed by atoms with E-state index in [0.29, 0.717) is 12.4 Å². The predicted octanol–water partition coefficient (Wildman–Crippen LogP) is 2.35. The molecule has 0 aliphatic heterocycles. The summed E-state index contributed by atoms with van der Waals surface area (Å²) in [5, 5.41) is 9.43. The van der Waals surface area contributed by atoms with Crippen molar-refractivity contribution in [1.29, 1.82) is 0 Å². The lowest BCUT2D eigenvalue weighted by Crippen LogP contribution is -1.95. The second-order valence-corrected chi connectivity index (χ2v) is 2.55. The highest BCUT2D eigenvalue weighted by Crippen LogP contribution is 2.29. The molecule has 66 valence electrons. The van der Waals surface area contributed by atoms with E-state index in [1.807, 2.05) is 26.0 Å². The van der Waals surface area contributed by atoms with Crippen LogP contribution in [-0.2, 0) is 6.42 Å². The van der Waals surface area contributed by atoms with Gasteiger partial charge in [-0.2, -0.15) is 0 Å². The van der Waals surface area contributed by atoms with Crippen molar-refractivity contribution in [2.75, 3.05) is 6.61 Å². The Morgan fingerprint density at radius 2 is 2.08 bits per heavy atom. The summed E-state index contributed by atoms with van der Waals surface area (Å²) in [6.07, 6.45) is 0.879. The number of aromatic hydroxyl groups is 1. The molecule has 0 atom stereocenters. The maximum atomic E-state index is 9.43. The highest BCUT2D eigenvalue weighted by atomic mass is 16.5. The molecular weight excluding hydrogens is 152 g/mol. The summed E-state index contributed by atoms with van der Waals surface area (Å²) in [5.41, 5.74) is 1.05. The van der Waals surface area contributed by atoms with Crippen LogP contribution in [0.4, 0.5) is 0 Å². The van der Waals surface area contributed by atoms with Gasteiger partial charge >= 0.3 is 0 Å². The molecule has 1 rings (SSSR count). The molecular formula is C10H14O2. The zero-order valence-electron chi connectivity index (χ0n) is 7.50. The van der Waals surface area contributed by atoms with Gasteiger partial charge in [0.05, 0.1) is 6.61 Å². The summed E-state index contributed by atoms with van der Waals surface area (Å²) in [7, 11) is 0. The molecule has 0 spiro atoms. The Balaban J connectivity index is 3.02. The monoisotopic (exact) mass is 166 g/mol. The van der Waals surface area contributed by atoms with E-state index in [4.69, 9.17) is 4.74 Å². The van der Waals surface area contributed by atoms with E-state index in [1.165, 1.54) is 0 Å². The van der Waals surface area contributed by atoms with Crippen LogP contribution >= 0.6 is 0 Å². The number of para-hydroxylation sites is 1. The number of phenols is 1. The van der Waals surface area contributed by atoms with E-state index in [1.54, 1.807) is 6.07 Å². The number of benzene rings is 1. The molecule has 0 bridgehead atoms. The SMILES string of the molecule is CCOc1c(O)cccc1CC. The molecule has 1 N–H and O–H groups in total. The topological polar surface area (TPSA) is 29.5 Å². The Bertz CT molecular complexity index is 256. The second-order valence-electron chi connectivity index (χ2n) is 2.55. The number of aryl methyl sites for hydroxylation is 1. The molecule has 12 heavy (non-hydrogen) atoms. The molecule has 0 fully saturated rings. The lowest BCUT2D eigenvalue weighted by molar-refractivity contribution is 0.315. The summed E-state index contributed by atoms with van der Waals surface area (Å²) in [6.45, 7) is 4.54. The van der Waals surface area contributed by atoms with Gasteiger partial charge in [0.15, 0.2) is 11.5 Å². The largest absolute Gasteiger partial charge is 0.504 e. The maximum Gasteiger partial charge on any atom is 0.164 e. The summed E-state index contributed by atoms with van der Waals surface area (Å²) in [4.78, 5) is 0. The summed E-state index contributed by atoms with van der Waals surface area (Å²) in [5.74, 6) is 0.860. The van der Waals surface area contributed by atoms with Crippen molar-refractivity contribution in [3.05, 3.63) is 23.8 Å². The first-order valence-corrected chi connectivity index (χ1v) is 4.23. The van der Waals surface area contributed by atoms with E-state index in [-0.39, 0.29) is 5.75 Å². The van der Waals surface area contributed by atoms with Crippen molar-refractivity contribution in [3.8, 4) is 11.5 Å². The molecule has 0 aromatic heterocycles. The van der Waals surface area contributed by atoms with Crippen molar-refractivity contribution in [1.82, 2.24) is 0 Å². The standard InChI is InChI=1S/C10H14O2/c1-3-8-6-5-7-9(11)10(8)12-4-2/h5-7,11H,3-4H2,1-2H3. The van der Waals surface area contributed by atoms with Crippen LogP contribution in [0, 0.1) is 0 Å². The first-order chi connectivity index (χ1) is 5.79. The zero-order chi connectivity index (χ0) is 8.97. The fourth-order valence-electron chi connectivity index (χ4n) is 1.16. The minimum Gasteiger partial charge on any atom is -0.504 e. The van der Waals surface area contributed by atoms with Gasteiger partial charge in [-0.1, -0.05) is 19.1 Å². The van der Waals surface area contributed by atoms with Gasteiger partial charge in [-0.25, -0.2) is 0 Å². The summed E-state index contributed by atoms with van der Waals surface area (Å²) < 4.78 is 5.31. The normalized spacial score (nSPS) is 9.83. The molecule has 0 unspecified atom stereocenters. The van der Waals surface area contributed by atoms with Crippen LogP contribution in [0.1, 0.15) is 19.4 Å². The quantitative estimate of drug-likeness (QED) is 0.746. The van der Waals surface area contributed by atoms with E-state index < -0.39 is 0 Å². The first-order valence-electron chi connectivity index (χ1n) is 4.23. The second kappa shape index (κ2) is 4.00. The van der Waals surface area contributed by atoms with E-state index >= 15 is 0 Å². The molecule has 1 aromatic rings. The number of ether oxygens (including phenoxy) is 1. The fourth-order valence-corrected chi connectivity index (χ4v) is 1.16. The van der Waals surface area contributed by atoms with E-state index in [0.717, 1.165) is 12.0 Å². The third-order valence-electron chi connectivity index (χ3n) is 1.75. The Kier molecular flexibility index (Phi) is 2.97. The van der Waals surface area contributed by atoms with Gasteiger partial charge in [-0.05, 0) is 25.0 Å². The van der Waals surface area contributed by atoms with Gasteiger partial charge in [0.1, 0.15) is 0 Å².